The van der Waals surface area contributed by atoms with Crippen molar-refractivity contribution in [1.29, 1.82) is 0 Å². The smallest absolute Gasteiger partial charge is 0.262 e. The maximum absolute atomic E-state index is 13.4. The van der Waals surface area contributed by atoms with Crippen molar-refractivity contribution in [1.82, 2.24) is 19.9 Å². The number of pyridine rings is 1. The highest BCUT2D eigenvalue weighted by Crippen LogP contribution is 2.33. The van der Waals surface area contributed by atoms with E-state index in [1.165, 1.54) is 0 Å². The molecule has 10 heteroatoms. The van der Waals surface area contributed by atoms with Gasteiger partial charge in [0.2, 0.25) is 5.95 Å². The van der Waals surface area contributed by atoms with Crippen LogP contribution in [0.4, 0.5) is 11.6 Å². The minimum atomic E-state index is -0.267. The Balaban J connectivity index is 1.40. The number of rotatable bonds is 8. The van der Waals surface area contributed by atoms with Crippen LogP contribution in [0.2, 0.25) is 5.02 Å². The van der Waals surface area contributed by atoms with E-state index in [4.69, 9.17) is 27.7 Å². The lowest BCUT2D eigenvalue weighted by molar-refractivity contribution is 0.0951. The highest BCUT2D eigenvalue weighted by atomic mass is 35.5. The van der Waals surface area contributed by atoms with E-state index >= 15 is 0 Å². The average molecular weight is 571 g/mol. The number of fused-ring (bicyclic) bond motifs is 1. The number of amides is 1. The fourth-order valence-corrected chi connectivity index (χ4v) is 5.29. The predicted octanol–water partition coefficient (Wildman–Crippen LogP) is 3.95. The minimum absolute atomic E-state index is 0.147. The monoisotopic (exact) mass is 570 g/mol. The largest absolute Gasteiger partial charge is 0.378 e. The summed E-state index contributed by atoms with van der Waals surface area (Å²) in [6.45, 7) is 5.19. The molecule has 0 bridgehead atoms. The Kier molecular flexibility index (Phi) is 8.53. The summed E-state index contributed by atoms with van der Waals surface area (Å²) in [5.74, 6) is 3.13. The van der Waals surface area contributed by atoms with Gasteiger partial charge in [0.15, 0.2) is 0 Å². The zero-order valence-electron chi connectivity index (χ0n) is 23.0. The van der Waals surface area contributed by atoms with Crippen LogP contribution in [0, 0.1) is 12.3 Å². The van der Waals surface area contributed by atoms with E-state index in [0.29, 0.717) is 66.8 Å². The molecule has 1 aliphatic rings. The van der Waals surface area contributed by atoms with E-state index in [2.05, 4.69) is 16.2 Å². The number of nitrogens with zero attached hydrogens (tertiary/aromatic N) is 5. The summed E-state index contributed by atoms with van der Waals surface area (Å²) < 4.78 is 7.02. The quantitative estimate of drug-likeness (QED) is 0.321. The summed E-state index contributed by atoms with van der Waals surface area (Å²) in [5.41, 5.74) is 3.42. The van der Waals surface area contributed by atoms with Crippen LogP contribution in [0.15, 0.2) is 65.7 Å². The van der Waals surface area contributed by atoms with E-state index in [1.54, 1.807) is 42.2 Å². The first-order valence-corrected chi connectivity index (χ1v) is 13.8. The van der Waals surface area contributed by atoms with Crippen LogP contribution in [0.5, 0.6) is 0 Å². The summed E-state index contributed by atoms with van der Waals surface area (Å²) in [7, 11) is 1.73. The maximum Gasteiger partial charge on any atom is 0.262 e. The van der Waals surface area contributed by atoms with Crippen molar-refractivity contribution in [3.63, 3.8) is 0 Å². The van der Waals surface area contributed by atoms with Crippen molar-refractivity contribution < 1.29 is 9.53 Å². The Morgan fingerprint density at radius 3 is 2.66 bits per heavy atom. The van der Waals surface area contributed by atoms with Crippen molar-refractivity contribution in [2.75, 3.05) is 42.6 Å². The second kappa shape index (κ2) is 12.4. The minimum Gasteiger partial charge on any atom is -0.378 e. The summed E-state index contributed by atoms with van der Waals surface area (Å²) in [5, 5.41) is 3.88. The molecule has 1 fully saturated rings. The van der Waals surface area contributed by atoms with Gasteiger partial charge in [-0.1, -0.05) is 23.6 Å². The van der Waals surface area contributed by atoms with Gasteiger partial charge in [0.05, 0.1) is 36.7 Å². The molecule has 210 valence electrons. The van der Waals surface area contributed by atoms with Gasteiger partial charge in [-0.05, 0) is 60.5 Å². The fraction of sp³-hybridized carbons (Fsp3) is 0.290. The molecular weight excluding hydrogens is 540 g/mol. The number of halogens is 1. The van der Waals surface area contributed by atoms with E-state index in [9.17, 15) is 9.59 Å². The maximum atomic E-state index is 13.4. The van der Waals surface area contributed by atoms with E-state index in [0.717, 1.165) is 16.8 Å². The number of morpholine rings is 1. The van der Waals surface area contributed by atoms with Crippen LogP contribution in [0.3, 0.4) is 0 Å². The number of hydrogen-bond donors (Lipinski definition) is 1. The summed E-state index contributed by atoms with van der Waals surface area (Å²) in [6.07, 6.45) is 9.15. The highest BCUT2D eigenvalue weighted by molar-refractivity contribution is 6.32. The lowest BCUT2D eigenvalue weighted by atomic mass is 10.0. The molecule has 3 heterocycles. The van der Waals surface area contributed by atoms with E-state index in [-0.39, 0.29) is 17.5 Å². The average Bonchev–Trinajstić information content (AvgIpc) is 3.01. The lowest BCUT2D eigenvalue weighted by Gasteiger charge is -2.31. The highest BCUT2D eigenvalue weighted by Gasteiger charge is 2.23. The molecule has 5 rings (SSSR count). The summed E-state index contributed by atoms with van der Waals surface area (Å²) in [6, 6.07) is 14.3. The first-order chi connectivity index (χ1) is 19.9. The summed E-state index contributed by atoms with van der Waals surface area (Å²) in [4.78, 5) is 39.0. The van der Waals surface area contributed by atoms with E-state index < -0.39 is 0 Å². The van der Waals surface area contributed by atoms with Crippen LogP contribution < -0.4 is 20.7 Å². The number of carbonyl (C=O) groups excluding carboxylic acids is 1. The molecule has 1 aliphatic heterocycles. The molecule has 1 unspecified atom stereocenters. The van der Waals surface area contributed by atoms with Crippen LogP contribution in [0.1, 0.15) is 34.5 Å². The number of terminal acetylenes is 1. The topological polar surface area (TPSA) is 92.6 Å². The third kappa shape index (κ3) is 6.04. The Morgan fingerprint density at radius 1 is 1.22 bits per heavy atom. The molecule has 9 nitrogen and oxygen atoms in total. The zero-order chi connectivity index (χ0) is 28.9. The predicted molar refractivity (Wildman–Crippen MR) is 161 cm³/mol. The molecule has 41 heavy (non-hydrogen) atoms. The molecule has 1 atom stereocenters. The van der Waals surface area contributed by atoms with Crippen molar-refractivity contribution in [3.8, 4) is 12.3 Å². The Hall–Kier alpha value is -4.39. The second-order valence-electron chi connectivity index (χ2n) is 9.87. The van der Waals surface area contributed by atoms with Crippen molar-refractivity contribution >= 4 is 40.0 Å². The number of anilines is 2. The molecule has 0 saturated carbocycles. The Morgan fingerprint density at radius 2 is 1.98 bits per heavy atom. The molecular formula is C31H31ClN6O3. The molecule has 4 aromatic rings. The molecule has 0 aliphatic carbocycles. The van der Waals surface area contributed by atoms with Crippen molar-refractivity contribution in [3.05, 3.63) is 93.0 Å². The van der Waals surface area contributed by atoms with Crippen LogP contribution in [0.25, 0.3) is 10.9 Å². The normalized spacial score (nSPS) is 14.0. The fourth-order valence-electron chi connectivity index (χ4n) is 4.97. The zero-order valence-corrected chi connectivity index (χ0v) is 23.8. The third-order valence-electron chi connectivity index (χ3n) is 7.28. The van der Waals surface area contributed by atoms with E-state index in [1.807, 2.05) is 47.1 Å². The summed E-state index contributed by atoms with van der Waals surface area (Å²) >= 11 is 6.79. The Labute approximate surface area is 243 Å². The van der Waals surface area contributed by atoms with Crippen LogP contribution in [-0.2, 0) is 18.3 Å². The van der Waals surface area contributed by atoms with Gasteiger partial charge in [-0.15, -0.1) is 6.42 Å². The molecule has 2 aromatic carbocycles. The first kappa shape index (κ1) is 28.1. The van der Waals surface area contributed by atoms with Gasteiger partial charge in [0.1, 0.15) is 0 Å². The molecule has 1 N–H and O–H groups in total. The van der Waals surface area contributed by atoms with Gasteiger partial charge in [0.25, 0.3) is 11.5 Å². The lowest BCUT2D eigenvalue weighted by Crippen LogP contribution is -2.40. The van der Waals surface area contributed by atoms with Crippen LogP contribution in [-0.4, -0.2) is 53.3 Å². The third-order valence-corrected chi connectivity index (χ3v) is 7.61. The van der Waals surface area contributed by atoms with Gasteiger partial charge < -0.3 is 19.9 Å². The van der Waals surface area contributed by atoms with Crippen molar-refractivity contribution in [2.45, 2.75) is 19.5 Å². The van der Waals surface area contributed by atoms with Gasteiger partial charge in [-0.2, -0.15) is 0 Å². The molecule has 0 spiro atoms. The number of aromatic nitrogens is 3. The molecule has 1 saturated heterocycles. The van der Waals surface area contributed by atoms with Gasteiger partial charge in [-0.3, -0.25) is 19.1 Å². The first-order valence-electron chi connectivity index (χ1n) is 13.4. The number of benzene rings is 2. The van der Waals surface area contributed by atoms with Gasteiger partial charge in [0, 0.05) is 55.3 Å². The number of carbonyl (C=O) groups is 1. The van der Waals surface area contributed by atoms with Gasteiger partial charge >= 0.3 is 0 Å². The molecule has 1 amide bonds. The SMILES string of the molecule is C#CCN(c1ccc(C(=O)NCc2cccnc2)cc1)C(C)c1cc2c(=O)n(C)c(N3CCOCC3)nc2cc1Cl. The van der Waals surface area contributed by atoms with Crippen LogP contribution >= 0.6 is 11.6 Å². The second-order valence-corrected chi connectivity index (χ2v) is 10.3. The van der Waals surface area contributed by atoms with Gasteiger partial charge in [-0.25, -0.2) is 4.98 Å². The number of nitrogens with one attached hydrogen (secondary N) is 1. The standard InChI is InChI=1S/C31H31ClN6O3/c1-4-12-38(24-9-7-23(8-10-24)29(39)34-20-22-6-5-11-33-19-22)21(2)25-17-26-28(18-27(25)32)35-31(36(3)30(26)40)37-13-15-41-16-14-37/h1,5-11,17-19,21H,12-16,20H2,2-3H3,(H,34,39). The van der Waals surface area contributed by atoms with Crippen molar-refractivity contribution in [2.24, 2.45) is 7.05 Å². The Bertz CT molecular complexity index is 1640. The molecule has 0 radical (unpaired) electrons. The number of hydrogen-bond acceptors (Lipinski definition) is 7. The number of ether oxygens (including phenoxy) is 1. The molecule has 2 aromatic heterocycles.